The minimum atomic E-state index is -0.205. The number of pyridine rings is 1. The molecular weight excluding hydrogens is 292 g/mol. The number of carbonyl (C=O) groups is 1. The molecule has 0 unspecified atom stereocenters. The van der Waals surface area contributed by atoms with E-state index in [-0.39, 0.29) is 11.9 Å². The maximum atomic E-state index is 12.4. The Morgan fingerprint density at radius 2 is 1.91 bits per heavy atom. The van der Waals surface area contributed by atoms with Gasteiger partial charge in [-0.15, -0.1) is 11.3 Å². The number of thiophene rings is 1. The fourth-order valence-electron chi connectivity index (χ4n) is 2.27. The largest absolute Gasteiger partial charge is 0.340 e. The summed E-state index contributed by atoms with van der Waals surface area (Å²) in [5, 5.41) is 5.01. The molecule has 3 aromatic rings. The molecule has 0 aliphatic rings. The van der Waals surface area contributed by atoms with E-state index in [1.165, 1.54) is 16.9 Å². The predicted molar refractivity (Wildman–Crippen MR) is 89.0 cm³/mol. The number of nitrogens with zero attached hydrogens (tertiary/aromatic N) is 1. The second-order valence-corrected chi connectivity index (χ2v) is 6.03. The van der Waals surface area contributed by atoms with Gasteiger partial charge in [0.1, 0.15) is 0 Å². The molecule has 0 bridgehead atoms. The van der Waals surface area contributed by atoms with E-state index in [1.807, 2.05) is 48.7 Å². The van der Waals surface area contributed by atoms with Crippen molar-refractivity contribution in [2.24, 2.45) is 0 Å². The summed E-state index contributed by atoms with van der Waals surface area (Å²) in [5.74, 6) is -0.0653. The normalized spacial score (nSPS) is 11.9. The van der Waals surface area contributed by atoms with Crippen molar-refractivity contribution in [3.05, 3.63) is 87.9 Å². The van der Waals surface area contributed by atoms with Gasteiger partial charge < -0.3 is 5.32 Å². The molecule has 4 heteroatoms. The first-order chi connectivity index (χ1) is 10.7. The third-order valence-electron chi connectivity index (χ3n) is 3.45. The SMILES string of the molecule is Cc1ccc([C@H](NC(=O)c2cccs2)c2cccnc2)cc1. The highest BCUT2D eigenvalue weighted by Crippen LogP contribution is 2.23. The van der Waals surface area contributed by atoms with Crippen molar-refractivity contribution >= 4 is 17.2 Å². The van der Waals surface area contributed by atoms with Crippen LogP contribution in [0.1, 0.15) is 32.4 Å². The van der Waals surface area contributed by atoms with Crippen molar-refractivity contribution in [2.75, 3.05) is 0 Å². The lowest BCUT2D eigenvalue weighted by Gasteiger charge is -2.19. The molecule has 0 aliphatic carbocycles. The van der Waals surface area contributed by atoms with Crippen LogP contribution in [-0.4, -0.2) is 10.9 Å². The van der Waals surface area contributed by atoms with Crippen LogP contribution in [0, 0.1) is 6.92 Å². The molecule has 0 aliphatic heterocycles. The quantitative estimate of drug-likeness (QED) is 0.792. The van der Waals surface area contributed by atoms with E-state index < -0.39 is 0 Å². The van der Waals surface area contributed by atoms with Crippen LogP contribution in [0.5, 0.6) is 0 Å². The number of hydrogen-bond acceptors (Lipinski definition) is 3. The standard InChI is InChI=1S/C18H16N2OS/c1-13-6-8-14(9-7-13)17(15-4-2-10-19-12-15)20-18(21)16-5-3-11-22-16/h2-12,17H,1H3,(H,20,21)/t17-/m0/s1. The van der Waals surface area contributed by atoms with Gasteiger partial charge in [-0.1, -0.05) is 42.0 Å². The van der Waals surface area contributed by atoms with E-state index in [0.29, 0.717) is 4.88 Å². The van der Waals surface area contributed by atoms with Crippen molar-refractivity contribution in [1.29, 1.82) is 0 Å². The summed E-state index contributed by atoms with van der Waals surface area (Å²) >= 11 is 1.44. The molecule has 110 valence electrons. The zero-order valence-electron chi connectivity index (χ0n) is 12.2. The summed E-state index contributed by atoms with van der Waals surface area (Å²) in [6.45, 7) is 2.05. The van der Waals surface area contributed by atoms with Gasteiger partial charge in [-0.05, 0) is 35.6 Å². The second kappa shape index (κ2) is 6.54. The van der Waals surface area contributed by atoms with Gasteiger partial charge in [0.05, 0.1) is 10.9 Å². The average Bonchev–Trinajstić information content (AvgIpc) is 3.09. The monoisotopic (exact) mass is 308 g/mol. The molecule has 3 rings (SSSR count). The van der Waals surface area contributed by atoms with E-state index in [9.17, 15) is 4.79 Å². The van der Waals surface area contributed by atoms with Crippen molar-refractivity contribution in [3.8, 4) is 0 Å². The third kappa shape index (κ3) is 3.23. The van der Waals surface area contributed by atoms with Crippen LogP contribution in [0.3, 0.4) is 0 Å². The highest BCUT2D eigenvalue weighted by atomic mass is 32.1. The Labute approximate surface area is 133 Å². The van der Waals surface area contributed by atoms with Crippen LogP contribution in [-0.2, 0) is 0 Å². The van der Waals surface area contributed by atoms with E-state index in [4.69, 9.17) is 0 Å². The van der Waals surface area contributed by atoms with Crippen molar-refractivity contribution < 1.29 is 4.79 Å². The van der Waals surface area contributed by atoms with Gasteiger partial charge in [0.15, 0.2) is 0 Å². The topological polar surface area (TPSA) is 42.0 Å². The highest BCUT2D eigenvalue weighted by molar-refractivity contribution is 7.12. The summed E-state index contributed by atoms with van der Waals surface area (Å²) in [7, 11) is 0. The first kappa shape index (κ1) is 14.5. The van der Waals surface area contributed by atoms with E-state index in [1.54, 1.807) is 12.4 Å². The molecule has 1 amide bonds. The van der Waals surface area contributed by atoms with Crippen LogP contribution in [0.15, 0.2) is 66.3 Å². The molecule has 0 radical (unpaired) electrons. The third-order valence-corrected chi connectivity index (χ3v) is 4.32. The predicted octanol–water partition coefficient (Wildman–Crippen LogP) is 3.97. The molecule has 0 saturated heterocycles. The van der Waals surface area contributed by atoms with Gasteiger partial charge in [0, 0.05) is 12.4 Å². The van der Waals surface area contributed by atoms with Gasteiger partial charge in [-0.2, -0.15) is 0 Å². The molecule has 3 nitrogen and oxygen atoms in total. The minimum Gasteiger partial charge on any atom is -0.340 e. The summed E-state index contributed by atoms with van der Waals surface area (Å²) in [4.78, 5) is 17.3. The Kier molecular flexibility index (Phi) is 4.30. The molecule has 0 spiro atoms. The number of benzene rings is 1. The van der Waals surface area contributed by atoms with Crippen LogP contribution in [0.2, 0.25) is 0 Å². The number of aromatic nitrogens is 1. The molecule has 1 atom stereocenters. The first-order valence-electron chi connectivity index (χ1n) is 7.05. The van der Waals surface area contributed by atoms with E-state index >= 15 is 0 Å². The summed E-state index contributed by atoms with van der Waals surface area (Å²) in [6, 6.07) is 15.6. The summed E-state index contributed by atoms with van der Waals surface area (Å²) in [5.41, 5.74) is 3.21. The molecule has 2 aromatic heterocycles. The summed E-state index contributed by atoms with van der Waals surface area (Å²) < 4.78 is 0. The van der Waals surface area contributed by atoms with Crippen molar-refractivity contribution in [2.45, 2.75) is 13.0 Å². The number of nitrogens with one attached hydrogen (secondary N) is 1. The van der Waals surface area contributed by atoms with Crippen molar-refractivity contribution in [3.63, 3.8) is 0 Å². The maximum Gasteiger partial charge on any atom is 0.262 e. The highest BCUT2D eigenvalue weighted by Gasteiger charge is 2.18. The summed E-state index contributed by atoms with van der Waals surface area (Å²) in [6.07, 6.45) is 3.52. The van der Waals surface area contributed by atoms with Crippen molar-refractivity contribution in [1.82, 2.24) is 10.3 Å². The maximum absolute atomic E-state index is 12.4. The van der Waals surface area contributed by atoms with Gasteiger partial charge in [0.2, 0.25) is 0 Å². The number of amides is 1. The molecule has 1 aromatic carbocycles. The average molecular weight is 308 g/mol. The Morgan fingerprint density at radius 1 is 1.09 bits per heavy atom. The Morgan fingerprint density at radius 3 is 2.55 bits per heavy atom. The fraction of sp³-hybridized carbons (Fsp3) is 0.111. The van der Waals surface area contributed by atoms with Gasteiger partial charge in [-0.25, -0.2) is 0 Å². The number of rotatable bonds is 4. The number of hydrogen-bond donors (Lipinski definition) is 1. The molecule has 22 heavy (non-hydrogen) atoms. The van der Waals surface area contributed by atoms with Gasteiger partial charge in [-0.3, -0.25) is 9.78 Å². The molecule has 2 heterocycles. The fourth-order valence-corrected chi connectivity index (χ4v) is 2.90. The zero-order valence-corrected chi connectivity index (χ0v) is 13.0. The van der Waals surface area contributed by atoms with Crippen LogP contribution < -0.4 is 5.32 Å². The molecule has 0 saturated carbocycles. The molecule has 1 N–H and O–H groups in total. The van der Waals surface area contributed by atoms with Crippen LogP contribution in [0.25, 0.3) is 0 Å². The van der Waals surface area contributed by atoms with E-state index in [0.717, 1.165) is 11.1 Å². The van der Waals surface area contributed by atoms with E-state index in [2.05, 4.69) is 22.4 Å². The van der Waals surface area contributed by atoms with Crippen LogP contribution in [0.4, 0.5) is 0 Å². The number of carbonyl (C=O) groups excluding carboxylic acids is 1. The first-order valence-corrected chi connectivity index (χ1v) is 7.93. The minimum absolute atomic E-state index is 0.0653. The Balaban J connectivity index is 1.93. The smallest absolute Gasteiger partial charge is 0.262 e. The lowest BCUT2D eigenvalue weighted by atomic mass is 9.99. The van der Waals surface area contributed by atoms with Gasteiger partial charge >= 0.3 is 0 Å². The zero-order chi connectivity index (χ0) is 15.4. The molecular formula is C18H16N2OS. The second-order valence-electron chi connectivity index (χ2n) is 5.08. The van der Waals surface area contributed by atoms with Crippen LogP contribution >= 0.6 is 11.3 Å². The lowest BCUT2D eigenvalue weighted by Crippen LogP contribution is -2.28. The Hall–Kier alpha value is -2.46. The van der Waals surface area contributed by atoms with Gasteiger partial charge in [0.25, 0.3) is 5.91 Å². The molecule has 0 fully saturated rings. The number of aryl methyl sites for hydroxylation is 1. The Bertz CT molecular complexity index is 737. The lowest BCUT2D eigenvalue weighted by molar-refractivity contribution is 0.0947.